The van der Waals surface area contributed by atoms with Gasteiger partial charge in [-0.15, -0.1) is 0 Å². The van der Waals surface area contributed by atoms with Gasteiger partial charge in [-0.25, -0.2) is 4.79 Å². The largest absolute Gasteiger partial charge is 0.367 e. The molecule has 5 nitrogen and oxygen atoms in total. The van der Waals surface area contributed by atoms with E-state index in [1.54, 1.807) is 6.92 Å². The summed E-state index contributed by atoms with van der Waals surface area (Å²) in [5.41, 5.74) is 0.399. The molecule has 3 rings (SSSR count). The fourth-order valence-electron chi connectivity index (χ4n) is 1.96. The highest BCUT2D eigenvalue weighted by Crippen LogP contribution is 2.15. The van der Waals surface area contributed by atoms with Crippen molar-refractivity contribution in [2.75, 3.05) is 5.32 Å². The van der Waals surface area contributed by atoms with Gasteiger partial charge in [0.1, 0.15) is 5.82 Å². The van der Waals surface area contributed by atoms with Crippen LogP contribution in [-0.4, -0.2) is 9.55 Å². The lowest BCUT2D eigenvalue weighted by atomic mass is 10.0. The number of anilines is 1. The molecular weight excluding hydrogens is 278 g/mol. The third-order valence-electron chi connectivity index (χ3n) is 3.66. The summed E-state index contributed by atoms with van der Waals surface area (Å²) in [6.07, 6.45) is 6.00. The second-order valence-corrected chi connectivity index (χ2v) is 5.32. The Bertz CT molecular complexity index is 650. The zero-order valence-corrected chi connectivity index (χ0v) is 13.0. The molecule has 0 radical (unpaired) electrons. The van der Waals surface area contributed by atoms with E-state index in [0.29, 0.717) is 18.9 Å². The van der Waals surface area contributed by atoms with Gasteiger partial charge in [0.05, 0.1) is 0 Å². The quantitative estimate of drug-likeness (QED) is 0.912. The van der Waals surface area contributed by atoms with Crippen molar-refractivity contribution in [3.8, 4) is 0 Å². The second-order valence-electron chi connectivity index (χ2n) is 5.32. The molecule has 22 heavy (non-hydrogen) atoms. The molecule has 0 saturated heterocycles. The molecule has 0 aliphatic heterocycles. The molecular formula is C17H23N3O2. The summed E-state index contributed by atoms with van der Waals surface area (Å²) in [5.74, 6) is 0.443. The number of benzene rings is 1. The van der Waals surface area contributed by atoms with E-state index in [2.05, 4.69) is 10.3 Å². The van der Waals surface area contributed by atoms with Gasteiger partial charge >= 0.3 is 5.69 Å². The molecule has 1 saturated carbocycles. The topological polar surface area (TPSA) is 66.9 Å². The molecule has 1 aromatic carbocycles. The first-order valence-electron chi connectivity index (χ1n) is 7.82. The number of rotatable bonds is 4. The number of nitrogens with zero attached hydrogens (tertiary/aromatic N) is 1. The van der Waals surface area contributed by atoms with Crippen LogP contribution in [0, 0.1) is 0 Å². The lowest BCUT2D eigenvalue weighted by molar-refractivity contribution is 0.504. The predicted molar refractivity (Wildman–Crippen MR) is 89.2 cm³/mol. The number of aromatic amines is 1. The van der Waals surface area contributed by atoms with E-state index < -0.39 is 0 Å². The Balaban J connectivity index is 0.000000381. The smallest absolute Gasteiger partial charge is 0.329 e. The van der Waals surface area contributed by atoms with Gasteiger partial charge in [0.15, 0.2) is 0 Å². The average Bonchev–Trinajstić information content (AvgIpc) is 2.44. The van der Waals surface area contributed by atoms with E-state index in [0.717, 1.165) is 10.1 Å². The Hall–Kier alpha value is -2.30. The molecule has 0 spiro atoms. The third kappa shape index (κ3) is 4.62. The molecule has 0 unspecified atom stereocenters. The first-order valence-corrected chi connectivity index (χ1v) is 7.82. The van der Waals surface area contributed by atoms with E-state index in [-0.39, 0.29) is 11.2 Å². The summed E-state index contributed by atoms with van der Waals surface area (Å²) in [6, 6.07) is 11.2. The van der Waals surface area contributed by atoms with Crippen LogP contribution in [-0.2, 0) is 13.1 Å². The molecule has 2 N–H and O–H groups in total. The summed E-state index contributed by atoms with van der Waals surface area (Å²) in [4.78, 5) is 25.8. The van der Waals surface area contributed by atoms with Gasteiger partial charge in [0.25, 0.3) is 5.56 Å². The molecule has 5 heteroatoms. The SMILES string of the molecule is C1CCC1.CCn1c(=O)cc(NCc2ccccc2)[nH]c1=O. The van der Waals surface area contributed by atoms with Crippen molar-refractivity contribution in [2.24, 2.45) is 0 Å². The van der Waals surface area contributed by atoms with Crippen molar-refractivity contribution in [2.45, 2.75) is 45.7 Å². The molecule has 0 amide bonds. The van der Waals surface area contributed by atoms with Crippen LogP contribution in [0.4, 0.5) is 5.82 Å². The molecule has 0 bridgehead atoms. The van der Waals surface area contributed by atoms with E-state index in [4.69, 9.17) is 0 Å². The van der Waals surface area contributed by atoms with Crippen LogP contribution in [0.2, 0.25) is 0 Å². The Morgan fingerprint density at radius 2 is 1.73 bits per heavy atom. The van der Waals surface area contributed by atoms with E-state index in [1.807, 2.05) is 30.3 Å². The van der Waals surface area contributed by atoms with Gasteiger partial charge in [-0.05, 0) is 12.5 Å². The number of H-pyrrole nitrogens is 1. The number of aromatic nitrogens is 2. The normalized spacial score (nSPS) is 12.8. The van der Waals surface area contributed by atoms with Crippen LogP contribution in [0.1, 0.15) is 38.2 Å². The molecule has 2 aromatic rings. The van der Waals surface area contributed by atoms with Crippen LogP contribution in [0.15, 0.2) is 46.0 Å². The van der Waals surface area contributed by atoms with Crippen LogP contribution in [0.3, 0.4) is 0 Å². The van der Waals surface area contributed by atoms with Crippen molar-refractivity contribution in [3.63, 3.8) is 0 Å². The highest BCUT2D eigenvalue weighted by molar-refractivity contribution is 5.33. The third-order valence-corrected chi connectivity index (χ3v) is 3.66. The van der Waals surface area contributed by atoms with Crippen molar-refractivity contribution in [1.82, 2.24) is 9.55 Å². The van der Waals surface area contributed by atoms with Crippen molar-refractivity contribution < 1.29 is 0 Å². The highest BCUT2D eigenvalue weighted by atomic mass is 16.2. The van der Waals surface area contributed by atoms with Gasteiger partial charge in [-0.2, -0.15) is 0 Å². The van der Waals surface area contributed by atoms with E-state index in [9.17, 15) is 9.59 Å². The lowest BCUT2D eigenvalue weighted by Gasteiger charge is -2.07. The number of hydrogen-bond donors (Lipinski definition) is 2. The Morgan fingerprint density at radius 3 is 2.23 bits per heavy atom. The lowest BCUT2D eigenvalue weighted by Crippen LogP contribution is -2.34. The van der Waals surface area contributed by atoms with Crippen LogP contribution < -0.4 is 16.6 Å². The number of nitrogens with one attached hydrogen (secondary N) is 2. The minimum atomic E-state index is -0.388. The minimum absolute atomic E-state index is 0.295. The highest BCUT2D eigenvalue weighted by Gasteiger charge is 2.02. The molecule has 1 aromatic heterocycles. The van der Waals surface area contributed by atoms with Gasteiger partial charge < -0.3 is 5.32 Å². The van der Waals surface area contributed by atoms with Crippen LogP contribution >= 0.6 is 0 Å². The number of hydrogen-bond acceptors (Lipinski definition) is 3. The molecule has 1 aliphatic carbocycles. The maximum Gasteiger partial charge on any atom is 0.329 e. The summed E-state index contributed by atoms with van der Waals surface area (Å²) < 4.78 is 1.15. The monoisotopic (exact) mass is 301 g/mol. The first kappa shape index (κ1) is 16.1. The maximum atomic E-state index is 11.6. The fourth-order valence-corrected chi connectivity index (χ4v) is 1.96. The Labute approximate surface area is 130 Å². The average molecular weight is 301 g/mol. The zero-order valence-electron chi connectivity index (χ0n) is 13.0. The van der Waals surface area contributed by atoms with Gasteiger partial charge in [0, 0.05) is 19.2 Å². The van der Waals surface area contributed by atoms with Crippen molar-refractivity contribution >= 4 is 5.82 Å². The fraction of sp³-hybridized carbons (Fsp3) is 0.412. The van der Waals surface area contributed by atoms with Gasteiger partial charge in [-0.3, -0.25) is 14.3 Å². The summed E-state index contributed by atoms with van der Waals surface area (Å²) in [6.45, 7) is 2.69. The van der Waals surface area contributed by atoms with Crippen LogP contribution in [0.5, 0.6) is 0 Å². The summed E-state index contributed by atoms with van der Waals surface area (Å²) in [5, 5.41) is 3.03. The van der Waals surface area contributed by atoms with Gasteiger partial charge in [-0.1, -0.05) is 56.0 Å². The molecule has 0 atom stereocenters. The first-order chi connectivity index (χ1) is 10.7. The summed E-state index contributed by atoms with van der Waals surface area (Å²) >= 11 is 0. The Kier molecular flexibility index (Phi) is 6.01. The minimum Gasteiger partial charge on any atom is -0.367 e. The molecule has 1 fully saturated rings. The van der Waals surface area contributed by atoms with E-state index in [1.165, 1.54) is 31.7 Å². The second kappa shape index (κ2) is 8.22. The van der Waals surface area contributed by atoms with Crippen molar-refractivity contribution in [3.05, 3.63) is 62.8 Å². The van der Waals surface area contributed by atoms with Crippen LogP contribution in [0.25, 0.3) is 0 Å². The molecule has 1 heterocycles. The predicted octanol–water partition coefficient (Wildman–Crippen LogP) is 2.73. The zero-order chi connectivity index (χ0) is 15.8. The molecule has 118 valence electrons. The van der Waals surface area contributed by atoms with E-state index >= 15 is 0 Å². The van der Waals surface area contributed by atoms with Crippen molar-refractivity contribution in [1.29, 1.82) is 0 Å². The maximum absolute atomic E-state index is 11.6. The standard InChI is InChI=1S/C13H15N3O2.C4H8/c1-2-16-12(17)8-11(15-13(16)18)14-9-10-6-4-3-5-7-10;1-2-4-3-1/h3-8,14H,2,9H2,1H3,(H,15,18);1-4H2. The van der Waals surface area contributed by atoms with Gasteiger partial charge in [0.2, 0.25) is 0 Å². The summed E-state index contributed by atoms with van der Waals surface area (Å²) in [7, 11) is 0. The molecule has 1 aliphatic rings. The Morgan fingerprint density at radius 1 is 1.09 bits per heavy atom.